The van der Waals surface area contributed by atoms with Crippen molar-refractivity contribution >= 4 is 17.6 Å². The molecule has 1 aliphatic heterocycles. The van der Waals surface area contributed by atoms with Gasteiger partial charge >= 0.3 is 5.97 Å². The van der Waals surface area contributed by atoms with E-state index in [0.717, 1.165) is 6.42 Å². The summed E-state index contributed by atoms with van der Waals surface area (Å²) in [5, 5.41) is 11.9. The molecule has 1 amide bonds. The van der Waals surface area contributed by atoms with Crippen molar-refractivity contribution in [2.24, 2.45) is 11.3 Å². The van der Waals surface area contributed by atoms with Gasteiger partial charge in [0.05, 0.1) is 12.3 Å². The van der Waals surface area contributed by atoms with E-state index in [1.165, 1.54) is 6.07 Å². The molecule has 1 saturated carbocycles. The minimum Gasteiger partial charge on any atom is -0.492 e. The lowest BCUT2D eigenvalue weighted by Gasteiger charge is -2.23. The quantitative estimate of drug-likeness (QED) is 0.880. The minimum atomic E-state index is -1.31. The second-order valence-electron chi connectivity index (χ2n) is 6.95. The summed E-state index contributed by atoms with van der Waals surface area (Å²) >= 11 is 0. The van der Waals surface area contributed by atoms with E-state index in [1.54, 1.807) is 20.8 Å². The molecule has 1 aromatic carbocycles. The first-order chi connectivity index (χ1) is 10.2. The lowest BCUT2D eigenvalue weighted by atomic mass is 9.94. The van der Waals surface area contributed by atoms with Gasteiger partial charge < -0.3 is 15.2 Å². The Morgan fingerprint density at radius 2 is 2.09 bits per heavy atom. The van der Waals surface area contributed by atoms with Crippen LogP contribution in [0.1, 0.15) is 49.0 Å². The Kier molecular flexibility index (Phi) is 3.16. The highest BCUT2D eigenvalue weighted by molar-refractivity contribution is 6.04. The zero-order chi connectivity index (χ0) is 16.2. The molecular weight excluding hydrogens is 289 g/mol. The van der Waals surface area contributed by atoms with Gasteiger partial charge in [0.2, 0.25) is 5.91 Å². The number of carboxylic acid groups (broad SMARTS) is 1. The summed E-state index contributed by atoms with van der Waals surface area (Å²) < 4.78 is 19.9. The number of ether oxygens (including phenoxy) is 1. The number of anilines is 1. The van der Waals surface area contributed by atoms with E-state index in [0.29, 0.717) is 18.1 Å². The average molecular weight is 307 g/mol. The van der Waals surface area contributed by atoms with Crippen molar-refractivity contribution in [1.82, 2.24) is 0 Å². The lowest BCUT2D eigenvalue weighted by molar-refractivity contribution is -0.123. The maximum absolute atomic E-state index is 14.4. The zero-order valence-electron chi connectivity index (χ0n) is 12.7. The van der Waals surface area contributed by atoms with Gasteiger partial charge in [-0.2, -0.15) is 0 Å². The SMILES string of the molecule is CC(C)(C)C(=O)Nc1c(F)cc2c(c1C(=O)O)OCC1CC21. The highest BCUT2D eigenvalue weighted by atomic mass is 19.1. The molecule has 1 heterocycles. The predicted octanol–water partition coefficient (Wildman–Crippen LogP) is 3.00. The molecule has 3 rings (SSSR count). The fourth-order valence-electron chi connectivity index (χ4n) is 2.71. The van der Waals surface area contributed by atoms with Crippen molar-refractivity contribution in [2.45, 2.75) is 33.1 Å². The van der Waals surface area contributed by atoms with Gasteiger partial charge in [-0.25, -0.2) is 9.18 Å². The summed E-state index contributed by atoms with van der Waals surface area (Å²) in [7, 11) is 0. The summed E-state index contributed by atoms with van der Waals surface area (Å²) in [4.78, 5) is 23.7. The number of carbonyl (C=O) groups excluding carboxylic acids is 1. The molecule has 0 saturated heterocycles. The topological polar surface area (TPSA) is 75.6 Å². The molecule has 1 aliphatic carbocycles. The summed E-state index contributed by atoms with van der Waals surface area (Å²) in [6, 6.07) is 1.30. The van der Waals surface area contributed by atoms with Crippen molar-refractivity contribution < 1.29 is 23.8 Å². The molecule has 1 aromatic rings. The molecular formula is C16H18FNO4. The van der Waals surface area contributed by atoms with Crippen molar-refractivity contribution in [3.63, 3.8) is 0 Å². The van der Waals surface area contributed by atoms with Crippen LogP contribution in [0.15, 0.2) is 6.07 Å². The zero-order valence-corrected chi connectivity index (χ0v) is 12.7. The summed E-state index contributed by atoms with van der Waals surface area (Å²) in [6.07, 6.45) is 0.888. The van der Waals surface area contributed by atoms with Gasteiger partial charge in [-0.15, -0.1) is 0 Å². The molecule has 1 fully saturated rings. The number of fused-ring (bicyclic) bond motifs is 3. The first kappa shape index (κ1) is 14.8. The molecule has 2 aliphatic rings. The Hall–Kier alpha value is -2.11. The minimum absolute atomic E-state index is 0.170. The molecule has 0 spiro atoms. The molecule has 0 radical (unpaired) electrons. The van der Waals surface area contributed by atoms with Crippen molar-refractivity contribution in [3.05, 3.63) is 23.0 Å². The smallest absolute Gasteiger partial charge is 0.341 e. The number of rotatable bonds is 2. The molecule has 22 heavy (non-hydrogen) atoms. The molecule has 2 unspecified atom stereocenters. The molecule has 0 aromatic heterocycles. The molecule has 2 atom stereocenters. The van der Waals surface area contributed by atoms with Crippen LogP contribution in [0, 0.1) is 17.2 Å². The number of halogens is 1. The Balaban J connectivity index is 2.10. The van der Waals surface area contributed by atoms with Crippen LogP contribution in [0.4, 0.5) is 10.1 Å². The van der Waals surface area contributed by atoms with Crippen LogP contribution in [0.2, 0.25) is 0 Å². The second-order valence-corrected chi connectivity index (χ2v) is 6.95. The number of aromatic carboxylic acids is 1. The fourth-order valence-corrected chi connectivity index (χ4v) is 2.71. The highest BCUT2D eigenvalue weighted by Gasteiger charge is 2.46. The van der Waals surface area contributed by atoms with Crippen molar-refractivity contribution in [2.75, 3.05) is 11.9 Å². The van der Waals surface area contributed by atoms with Crippen LogP contribution >= 0.6 is 0 Å². The van der Waals surface area contributed by atoms with Crippen LogP contribution < -0.4 is 10.1 Å². The van der Waals surface area contributed by atoms with Gasteiger partial charge in [0.25, 0.3) is 0 Å². The van der Waals surface area contributed by atoms with Gasteiger partial charge in [0.15, 0.2) is 0 Å². The number of hydrogen-bond donors (Lipinski definition) is 2. The number of amides is 1. The third-order valence-electron chi connectivity index (χ3n) is 4.16. The van der Waals surface area contributed by atoms with E-state index >= 15 is 0 Å². The number of carboxylic acids is 1. The number of carbonyl (C=O) groups is 2. The van der Waals surface area contributed by atoms with E-state index in [2.05, 4.69) is 5.32 Å². The van der Waals surface area contributed by atoms with Crippen LogP contribution in [-0.4, -0.2) is 23.6 Å². The third-order valence-corrected chi connectivity index (χ3v) is 4.16. The predicted molar refractivity (Wildman–Crippen MR) is 77.8 cm³/mol. The van der Waals surface area contributed by atoms with Gasteiger partial charge in [0.1, 0.15) is 17.1 Å². The fraction of sp³-hybridized carbons (Fsp3) is 0.500. The van der Waals surface area contributed by atoms with E-state index in [-0.39, 0.29) is 22.9 Å². The molecule has 2 N–H and O–H groups in total. The monoisotopic (exact) mass is 307 g/mol. The number of nitrogens with one attached hydrogen (secondary N) is 1. The molecule has 5 nitrogen and oxygen atoms in total. The van der Waals surface area contributed by atoms with Crippen LogP contribution in [-0.2, 0) is 4.79 Å². The molecule has 118 valence electrons. The first-order valence-electron chi connectivity index (χ1n) is 7.24. The van der Waals surface area contributed by atoms with Crippen LogP contribution in [0.5, 0.6) is 5.75 Å². The van der Waals surface area contributed by atoms with Crippen molar-refractivity contribution in [3.8, 4) is 5.75 Å². The van der Waals surface area contributed by atoms with E-state index in [4.69, 9.17) is 4.74 Å². The Morgan fingerprint density at radius 1 is 1.41 bits per heavy atom. The van der Waals surface area contributed by atoms with Gasteiger partial charge in [-0.3, -0.25) is 4.79 Å². The Bertz CT molecular complexity index is 678. The standard InChI is InChI=1S/C16H18FNO4/c1-16(2,3)15(21)18-12-10(17)5-9-8-4-7(8)6-22-13(9)11(12)14(19)20/h5,7-8H,4,6H2,1-3H3,(H,18,21)(H,19,20). The Morgan fingerprint density at radius 3 is 2.68 bits per heavy atom. The Labute approximate surface area is 127 Å². The van der Waals surface area contributed by atoms with Crippen LogP contribution in [0.3, 0.4) is 0 Å². The van der Waals surface area contributed by atoms with Gasteiger partial charge in [0, 0.05) is 16.9 Å². The summed E-state index contributed by atoms with van der Waals surface area (Å²) in [5.41, 5.74) is -0.774. The van der Waals surface area contributed by atoms with E-state index in [9.17, 15) is 19.1 Å². The second kappa shape index (κ2) is 4.69. The molecule has 0 bridgehead atoms. The maximum atomic E-state index is 14.4. The first-order valence-corrected chi connectivity index (χ1v) is 7.24. The largest absolute Gasteiger partial charge is 0.492 e. The number of benzene rings is 1. The average Bonchev–Trinajstić information content (AvgIpc) is 3.17. The van der Waals surface area contributed by atoms with E-state index in [1.807, 2.05) is 0 Å². The maximum Gasteiger partial charge on any atom is 0.341 e. The van der Waals surface area contributed by atoms with Gasteiger partial charge in [-0.1, -0.05) is 20.8 Å². The number of hydrogen-bond acceptors (Lipinski definition) is 3. The summed E-state index contributed by atoms with van der Waals surface area (Å²) in [6.45, 7) is 5.45. The summed E-state index contributed by atoms with van der Waals surface area (Å²) in [5.74, 6) is -1.78. The van der Waals surface area contributed by atoms with Crippen LogP contribution in [0.25, 0.3) is 0 Å². The van der Waals surface area contributed by atoms with Crippen molar-refractivity contribution in [1.29, 1.82) is 0 Å². The normalized spacial score (nSPS) is 22.2. The lowest BCUT2D eigenvalue weighted by Crippen LogP contribution is -2.29. The van der Waals surface area contributed by atoms with E-state index < -0.39 is 23.1 Å². The third kappa shape index (κ3) is 2.32. The van der Waals surface area contributed by atoms with Gasteiger partial charge in [-0.05, 0) is 18.4 Å². The highest BCUT2D eigenvalue weighted by Crippen LogP contribution is 2.55. The molecule has 6 heteroatoms.